The predicted octanol–water partition coefficient (Wildman–Crippen LogP) is 2.28. The molecule has 4 rings (SSSR count). The average molecular weight is 368 g/mol. The van der Waals surface area contributed by atoms with Gasteiger partial charge in [0.2, 0.25) is 0 Å². The van der Waals surface area contributed by atoms with Crippen LogP contribution in [0.1, 0.15) is 11.1 Å². The predicted molar refractivity (Wildman–Crippen MR) is 99.0 cm³/mol. The monoisotopic (exact) mass is 367 g/mol. The minimum absolute atomic E-state index is 0.0947. The molecule has 0 amide bonds. The fraction of sp³-hybridized carbons (Fsp3) is 0.111. The zero-order valence-electron chi connectivity index (χ0n) is 13.8. The third kappa shape index (κ3) is 2.72. The maximum Gasteiger partial charge on any atom is 0.334 e. The van der Waals surface area contributed by atoms with Gasteiger partial charge in [0.1, 0.15) is 0 Å². The Balaban J connectivity index is 1.86. The van der Waals surface area contributed by atoms with Crippen molar-refractivity contribution in [3.05, 3.63) is 85.5 Å². The minimum atomic E-state index is -0.547. The fourth-order valence-corrected chi connectivity index (χ4v) is 2.96. The molecule has 7 nitrogen and oxygen atoms in total. The molecule has 130 valence electrons. The van der Waals surface area contributed by atoms with Crippen molar-refractivity contribution >= 4 is 22.8 Å². The summed E-state index contributed by atoms with van der Waals surface area (Å²) in [6.45, 7) is 2.22. The van der Waals surface area contributed by atoms with Crippen LogP contribution in [0.15, 0.2) is 58.1 Å². The molecule has 0 radical (unpaired) electrons. The second-order valence-electron chi connectivity index (χ2n) is 5.94. The quantitative estimate of drug-likeness (QED) is 0.602. The molecule has 0 aliphatic heterocycles. The summed E-state index contributed by atoms with van der Waals surface area (Å²) in [4.78, 5) is 28.0. The first-order valence-corrected chi connectivity index (χ1v) is 8.31. The van der Waals surface area contributed by atoms with E-state index in [1.54, 1.807) is 18.2 Å². The summed E-state index contributed by atoms with van der Waals surface area (Å²) in [7, 11) is 0. The van der Waals surface area contributed by atoms with Crippen molar-refractivity contribution in [1.29, 1.82) is 0 Å². The summed E-state index contributed by atoms with van der Waals surface area (Å²) < 4.78 is 2.51. The molecule has 8 heteroatoms. The number of nitrogens with zero attached hydrogens (tertiary/aromatic N) is 4. The van der Waals surface area contributed by atoms with Crippen molar-refractivity contribution < 1.29 is 0 Å². The molecule has 0 aliphatic carbocycles. The first-order valence-electron chi connectivity index (χ1n) is 7.93. The average Bonchev–Trinajstić information content (AvgIpc) is 3.01. The SMILES string of the molecule is Cc1ccc(-n2c(=O)[nH]c3c(nnn3Cc3ccccc3Cl)c2=O)cc1. The molecule has 4 aromatic rings. The van der Waals surface area contributed by atoms with Crippen LogP contribution < -0.4 is 11.2 Å². The van der Waals surface area contributed by atoms with Crippen LogP contribution in [0.2, 0.25) is 5.02 Å². The summed E-state index contributed by atoms with van der Waals surface area (Å²) in [5.41, 5.74) is 1.62. The zero-order chi connectivity index (χ0) is 18.3. The molecule has 0 saturated carbocycles. The molecule has 0 spiro atoms. The van der Waals surface area contributed by atoms with Crippen LogP contribution in [0.25, 0.3) is 16.9 Å². The van der Waals surface area contributed by atoms with Crippen molar-refractivity contribution in [2.24, 2.45) is 0 Å². The van der Waals surface area contributed by atoms with Gasteiger partial charge >= 0.3 is 5.69 Å². The van der Waals surface area contributed by atoms with Crippen molar-refractivity contribution in [2.45, 2.75) is 13.5 Å². The van der Waals surface area contributed by atoms with Crippen LogP contribution in [-0.4, -0.2) is 24.5 Å². The van der Waals surface area contributed by atoms with E-state index in [1.165, 1.54) is 4.68 Å². The van der Waals surface area contributed by atoms with Crippen LogP contribution >= 0.6 is 11.6 Å². The topological polar surface area (TPSA) is 85.6 Å². The van der Waals surface area contributed by atoms with Gasteiger partial charge in [-0.25, -0.2) is 14.0 Å². The van der Waals surface area contributed by atoms with Gasteiger partial charge in [-0.05, 0) is 30.7 Å². The van der Waals surface area contributed by atoms with Crippen LogP contribution in [0.3, 0.4) is 0 Å². The summed E-state index contributed by atoms with van der Waals surface area (Å²) in [6, 6.07) is 14.4. The Labute approximate surface area is 152 Å². The maximum absolute atomic E-state index is 12.8. The highest BCUT2D eigenvalue weighted by atomic mass is 35.5. The molecule has 1 N–H and O–H groups in total. The van der Waals surface area contributed by atoms with E-state index in [0.717, 1.165) is 15.7 Å². The molecule has 0 fully saturated rings. The number of aryl methyl sites for hydroxylation is 1. The Kier molecular flexibility index (Phi) is 3.93. The number of rotatable bonds is 3. The second-order valence-corrected chi connectivity index (χ2v) is 6.35. The summed E-state index contributed by atoms with van der Waals surface area (Å²) in [6.07, 6.45) is 0. The van der Waals surface area contributed by atoms with Crippen LogP contribution in [0, 0.1) is 6.92 Å². The van der Waals surface area contributed by atoms with E-state index in [-0.39, 0.29) is 11.2 Å². The largest absolute Gasteiger partial charge is 0.334 e. The molecule has 2 aromatic heterocycles. The van der Waals surface area contributed by atoms with Crippen LogP contribution in [0.4, 0.5) is 0 Å². The van der Waals surface area contributed by atoms with Gasteiger partial charge in [0, 0.05) is 5.02 Å². The molecular formula is C18H14ClN5O2. The van der Waals surface area contributed by atoms with Gasteiger partial charge in [0.05, 0.1) is 12.2 Å². The number of H-pyrrole nitrogens is 1. The summed E-state index contributed by atoms with van der Waals surface area (Å²) >= 11 is 6.17. The van der Waals surface area contributed by atoms with E-state index < -0.39 is 11.2 Å². The van der Waals surface area contributed by atoms with Gasteiger partial charge in [-0.2, -0.15) is 0 Å². The number of nitrogens with one attached hydrogen (secondary N) is 1. The smallest absolute Gasteiger partial charge is 0.290 e. The Morgan fingerprint density at radius 2 is 1.81 bits per heavy atom. The van der Waals surface area contributed by atoms with Crippen molar-refractivity contribution in [2.75, 3.05) is 0 Å². The van der Waals surface area contributed by atoms with Gasteiger partial charge in [-0.15, -0.1) is 5.10 Å². The molecular weight excluding hydrogens is 354 g/mol. The summed E-state index contributed by atoms with van der Waals surface area (Å²) in [5, 5.41) is 8.54. The number of aromatic amines is 1. The Morgan fingerprint density at radius 1 is 1.08 bits per heavy atom. The highest BCUT2D eigenvalue weighted by Gasteiger charge is 2.16. The van der Waals surface area contributed by atoms with Gasteiger partial charge in [-0.3, -0.25) is 9.78 Å². The van der Waals surface area contributed by atoms with E-state index in [4.69, 9.17) is 11.6 Å². The van der Waals surface area contributed by atoms with Gasteiger partial charge in [0.25, 0.3) is 5.56 Å². The van der Waals surface area contributed by atoms with Gasteiger partial charge in [0.15, 0.2) is 11.2 Å². The molecule has 2 aromatic carbocycles. The lowest BCUT2D eigenvalue weighted by molar-refractivity contribution is 0.663. The van der Waals surface area contributed by atoms with E-state index in [1.807, 2.05) is 37.3 Å². The first kappa shape index (κ1) is 16.3. The van der Waals surface area contributed by atoms with Crippen LogP contribution in [0.5, 0.6) is 0 Å². The Bertz CT molecular complexity index is 1220. The summed E-state index contributed by atoms with van der Waals surface area (Å²) in [5.74, 6) is 0. The number of aromatic nitrogens is 5. The van der Waals surface area contributed by atoms with Crippen molar-refractivity contribution in [3.8, 4) is 5.69 Å². The van der Waals surface area contributed by atoms with E-state index in [2.05, 4.69) is 15.3 Å². The van der Waals surface area contributed by atoms with Crippen LogP contribution in [-0.2, 0) is 6.54 Å². The van der Waals surface area contributed by atoms with Crippen molar-refractivity contribution in [1.82, 2.24) is 24.5 Å². The molecule has 0 atom stereocenters. The second kappa shape index (κ2) is 6.27. The maximum atomic E-state index is 12.8. The molecule has 0 saturated heterocycles. The Hall–Kier alpha value is -3.19. The standard InChI is InChI=1S/C18H14ClN5O2/c1-11-6-8-13(9-7-11)24-17(25)15-16(20-18(24)26)23(22-21-15)10-12-4-2-3-5-14(12)19/h2-9H,10H2,1H3,(H,20,26). The lowest BCUT2D eigenvalue weighted by Gasteiger charge is -2.06. The van der Waals surface area contributed by atoms with E-state index in [0.29, 0.717) is 17.3 Å². The zero-order valence-corrected chi connectivity index (χ0v) is 14.6. The molecule has 0 unspecified atom stereocenters. The third-order valence-corrected chi connectivity index (χ3v) is 4.51. The lowest BCUT2D eigenvalue weighted by Crippen LogP contribution is -2.34. The van der Waals surface area contributed by atoms with E-state index in [9.17, 15) is 9.59 Å². The first-order chi connectivity index (χ1) is 12.5. The lowest BCUT2D eigenvalue weighted by atomic mass is 10.2. The fourth-order valence-electron chi connectivity index (χ4n) is 2.76. The molecule has 26 heavy (non-hydrogen) atoms. The van der Waals surface area contributed by atoms with Gasteiger partial charge in [-0.1, -0.05) is 52.7 Å². The number of hydrogen-bond donors (Lipinski definition) is 1. The van der Waals surface area contributed by atoms with Crippen molar-refractivity contribution in [3.63, 3.8) is 0 Å². The molecule has 0 aliphatic rings. The van der Waals surface area contributed by atoms with Gasteiger partial charge < -0.3 is 0 Å². The number of halogens is 1. The highest BCUT2D eigenvalue weighted by molar-refractivity contribution is 6.31. The molecule has 0 bridgehead atoms. The van der Waals surface area contributed by atoms with E-state index >= 15 is 0 Å². The minimum Gasteiger partial charge on any atom is -0.290 e. The Morgan fingerprint density at radius 3 is 2.54 bits per heavy atom. The third-order valence-electron chi connectivity index (χ3n) is 4.14. The number of benzene rings is 2. The normalized spacial score (nSPS) is 11.2. The number of hydrogen-bond acceptors (Lipinski definition) is 4. The number of fused-ring (bicyclic) bond motifs is 1. The molecule has 2 heterocycles. The highest BCUT2D eigenvalue weighted by Crippen LogP contribution is 2.17.